The minimum atomic E-state index is -0.835. The van der Waals surface area contributed by atoms with Crippen molar-refractivity contribution in [1.82, 2.24) is 4.90 Å². The summed E-state index contributed by atoms with van der Waals surface area (Å²) in [4.78, 5) is 28.4. The van der Waals surface area contributed by atoms with Gasteiger partial charge in [-0.25, -0.2) is 9.18 Å². The van der Waals surface area contributed by atoms with Crippen molar-refractivity contribution in [3.05, 3.63) is 23.5 Å². The van der Waals surface area contributed by atoms with Crippen LogP contribution in [0.25, 0.3) is 0 Å². The van der Waals surface area contributed by atoms with E-state index < -0.39 is 17.0 Å². The number of likely N-dealkylation sites (N-methyl/N-ethyl adjacent to an activating group) is 1. The number of nitrogens with zero attached hydrogens (tertiary/aromatic N) is 2. The number of hydrogen-bond donors (Lipinski definition) is 0. The van der Waals surface area contributed by atoms with Gasteiger partial charge in [-0.05, 0) is 57.2 Å². The third-order valence-corrected chi connectivity index (χ3v) is 5.92. The molecular weight excluding hydrogens is 375 g/mol. The van der Waals surface area contributed by atoms with Crippen molar-refractivity contribution in [2.45, 2.75) is 70.6 Å². The molecule has 3 aliphatic rings. The molecule has 0 N–H and O–H groups in total. The highest BCUT2D eigenvalue weighted by Gasteiger charge is 2.57. The van der Waals surface area contributed by atoms with Gasteiger partial charge in [-0.1, -0.05) is 6.92 Å². The minimum Gasteiger partial charge on any atom is -0.475 e. The third kappa shape index (κ3) is 3.55. The Morgan fingerprint density at radius 2 is 1.97 bits per heavy atom. The predicted molar refractivity (Wildman–Crippen MR) is 106 cm³/mol. The molecule has 1 aromatic rings. The molecule has 4 rings (SSSR count). The van der Waals surface area contributed by atoms with Crippen molar-refractivity contribution >= 4 is 17.7 Å². The first-order valence-electron chi connectivity index (χ1n) is 10.3. The van der Waals surface area contributed by atoms with Crippen LogP contribution in [0.2, 0.25) is 0 Å². The number of anilines is 1. The Kier molecular flexibility index (Phi) is 4.55. The van der Waals surface area contributed by atoms with Crippen LogP contribution in [0.1, 0.15) is 65.0 Å². The zero-order chi connectivity index (χ0) is 21.1. The van der Waals surface area contributed by atoms with Gasteiger partial charge in [0.1, 0.15) is 17.0 Å². The Morgan fingerprint density at radius 3 is 2.59 bits per heavy atom. The Labute approximate surface area is 170 Å². The van der Waals surface area contributed by atoms with Gasteiger partial charge in [0.25, 0.3) is 5.91 Å². The van der Waals surface area contributed by atoms with E-state index in [1.807, 2.05) is 20.8 Å². The van der Waals surface area contributed by atoms with Crippen LogP contribution >= 0.6 is 0 Å². The molecule has 1 aromatic carbocycles. The molecule has 1 aliphatic carbocycles. The Hall–Kier alpha value is -2.31. The molecule has 1 unspecified atom stereocenters. The van der Waals surface area contributed by atoms with E-state index in [4.69, 9.17) is 9.47 Å². The van der Waals surface area contributed by atoms with Crippen LogP contribution < -0.4 is 9.64 Å². The number of piperidine rings is 1. The smallest absolute Gasteiger partial charge is 0.410 e. The summed E-state index contributed by atoms with van der Waals surface area (Å²) in [6.45, 7) is 8.16. The second-order valence-corrected chi connectivity index (χ2v) is 9.64. The molecule has 1 spiro atoms. The number of ether oxygens (including phenoxy) is 2. The fourth-order valence-electron chi connectivity index (χ4n) is 4.30. The molecule has 0 aromatic heterocycles. The summed E-state index contributed by atoms with van der Waals surface area (Å²) < 4.78 is 26.6. The van der Waals surface area contributed by atoms with Crippen molar-refractivity contribution in [3.8, 4) is 5.75 Å². The van der Waals surface area contributed by atoms with Crippen LogP contribution in [-0.2, 0) is 9.53 Å². The highest BCUT2D eigenvalue weighted by molar-refractivity contribution is 6.04. The molecule has 2 aliphatic heterocycles. The predicted octanol–water partition coefficient (Wildman–Crippen LogP) is 4.42. The van der Waals surface area contributed by atoms with Crippen LogP contribution in [0.3, 0.4) is 0 Å². The van der Waals surface area contributed by atoms with E-state index in [0.29, 0.717) is 36.6 Å². The van der Waals surface area contributed by atoms with E-state index in [9.17, 15) is 9.59 Å². The first kappa shape index (κ1) is 20.0. The largest absolute Gasteiger partial charge is 0.475 e. The lowest BCUT2D eigenvalue weighted by molar-refractivity contribution is -0.127. The van der Waals surface area contributed by atoms with E-state index >= 15 is 4.39 Å². The number of halogens is 1. The van der Waals surface area contributed by atoms with Crippen molar-refractivity contribution in [2.75, 3.05) is 18.5 Å². The van der Waals surface area contributed by atoms with Crippen LogP contribution in [0, 0.1) is 11.7 Å². The van der Waals surface area contributed by atoms with Crippen molar-refractivity contribution in [1.29, 1.82) is 0 Å². The number of rotatable bonds is 1. The highest BCUT2D eigenvalue weighted by Crippen LogP contribution is 2.50. The number of benzene rings is 1. The topological polar surface area (TPSA) is 59.1 Å². The molecule has 2 heterocycles. The molecular formula is C22H29FN2O4. The maximum atomic E-state index is 15.1. The average molecular weight is 404 g/mol. The molecule has 2 amide bonds. The number of amides is 2. The molecule has 2 atom stereocenters. The van der Waals surface area contributed by atoms with Gasteiger partial charge in [-0.2, -0.15) is 0 Å². The third-order valence-electron chi connectivity index (χ3n) is 5.92. The van der Waals surface area contributed by atoms with Crippen molar-refractivity contribution < 1.29 is 23.5 Å². The minimum absolute atomic E-state index is 0.171. The van der Waals surface area contributed by atoms with E-state index in [-0.39, 0.29) is 23.7 Å². The maximum Gasteiger partial charge on any atom is 0.410 e. The normalized spacial score (nSPS) is 25.5. The lowest BCUT2D eigenvalue weighted by Crippen LogP contribution is -2.46. The summed E-state index contributed by atoms with van der Waals surface area (Å²) in [5.41, 5.74) is -0.589. The fraction of sp³-hybridized carbons (Fsp3) is 0.636. The summed E-state index contributed by atoms with van der Waals surface area (Å²) in [7, 11) is 1.59. The van der Waals surface area contributed by atoms with E-state index in [1.165, 1.54) is 11.0 Å². The molecule has 0 bridgehead atoms. The molecule has 1 saturated heterocycles. The standard InChI is InChI=1S/C22H29FN2O4/c1-13-6-7-16(25(12-13)20(27)29-21(2,3)4)14-10-15(23)18-17(11-14)28-22(8-9-22)19(26)24(18)5/h10-11,13,16H,6-9,12H2,1-5H3/t13-,16?/m0/s1. The van der Waals surface area contributed by atoms with Gasteiger partial charge in [0.15, 0.2) is 11.4 Å². The van der Waals surface area contributed by atoms with Crippen LogP contribution in [0.4, 0.5) is 14.9 Å². The van der Waals surface area contributed by atoms with Gasteiger partial charge < -0.3 is 19.3 Å². The number of hydrogen-bond acceptors (Lipinski definition) is 4. The molecule has 0 radical (unpaired) electrons. The Morgan fingerprint density at radius 1 is 1.28 bits per heavy atom. The molecule has 2 fully saturated rings. The van der Waals surface area contributed by atoms with E-state index in [1.54, 1.807) is 18.0 Å². The zero-order valence-corrected chi connectivity index (χ0v) is 17.8. The molecule has 6 nitrogen and oxygen atoms in total. The van der Waals surface area contributed by atoms with Gasteiger partial charge >= 0.3 is 6.09 Å². The summed E-state index contributed by atoms with van der Waals surface area (Å²) in [6.07, 6.45) is 2.56. The number of carbonyl (C=O) groups is 2. The van der Waals surface area contributed by atoms with Crippen molar-refractivity contribution in [3.63, 3.8) is 0 Å². The first-order chi connectivity index (χ1) is 13.5. The van der Waals surface area contributed by atoms with Gasteiger partial charge in [0.05, 0.1) is 6.04 Å². The second-order valence-electron chi connectivity index (χ2n) is 9.64. The van der Waals surface area contributed by atoms with Gasteiger partial charge in [0.2, 0.25) is 0 Å². The van der Waals surface area contributed by atoms with E-state index in [2.05, 4.69) is 6.92 Å². The molecule has 7 heteroatoms. The zero-order valence-electron chi connectivity index (χ0n) is 17.8. The Bertz CT molecular complexity index is 859. The quantitative estimate of drug-likeness (QED) is 0.695. The fourth-order valence-corrected chi connectivity index (χ4v) is 4.30. The average Bonchev–Trinajstić information content (AvgIpc) is 3.38. The lowest BCUT2D eigenvalue weighted by atomic mass is 9.89. The monoisotopic (exact) mass is 404 g/mol. The van der Waals surface area contributed by atoms with Crippen LogP contribution in [-0.4, -0.2) is 41.7 Å². The molecule has 158 valence electrons. The summed E-state index contributed by atoms with van der Waals surface area (Å²) in [5, 5.41) is 0. The lowest BCUT2D eigenvalue weighted by Gasteiger charge is -2.40. The molecule has 1 saturated carbocycles. The summed E-state index contributed by atoms with van der Waals surface area (Å²) >= 11 is 0. The Balaban J connectivity index is 1.69. The second kappa shape index (κ2) is 6.61. The highest BCUT2D eigenvalue weighted by atomic mass is 19.1. The number of carbonyl (C=O) groups excluding carboxylic acids is 2. The van der Waals surface area contributed by atoms with Gasteiger partial charge in [0, 0.05) is 26.4 Å². The van der Waals surface area contributed by atoms with Crippen LogP contribution in [0.5, 0.6) is 5.75 Å². The van der Waals surface area contributed by atoms with Gasteiger partial charge in [-0.3, -0.25) is 4.79 Å². The summed E-state index contributed by atoms with van der Waals surface area (Å²) in [6, 6.07) is 2.93. The summed E-state index contributed by atoms with van der Waals surface area (Å²) in [5.74, 6) is 0.0171. The number of fused-ring (bicyclic) bond motifs is 1. The van der Waals surface area contributed by atoms with Gasteiger partial charge in [-0.15, -0.1) is 0 Å². The number of likely N-dealkylation sites (tertiary alicyclic amines) is 1. The SMILES string of the molecule is C[C@H]1CCC(c2cc(F)c3c(c2)OC2(CC2)C(=O)N3C)N(C(=O)OC(C)(C)C)C1. The molecule has 29 heavy (non-hydrogen) atoms. The van der Waals surface area contributed by atoms with E-state index in [0.717, 1.165) is 12.8 Å². The van der Waals surface area contributed by atoms with Crippen molar-refractivity contribution in [2.24, 2.45) is 5.92 Å². The maximum absolute atomic E-state index is 15.1. The van der Waals surface area contributed by atoms with Crippen LogP contribution in [0.15, 0.2) is 12.1 Å². The first-order valence-corrected chi connectivity index (χ1v) is 10.3.